The monoisotopic (exact) mass is 346 g/mol. The highest BCUT2D eigenvalue weighted by Crippen LogP contribution is 2.60. The molecule has 0 aliphatic heterocycles. The molecule has 1 saturated carbocycles. The quantitative estimate of drug-likeness (QED) is 0.395. The molecule has 1 aromatic carbocycles. The maximum atomic E-state index is 12.6. The molecule has 0 aromatic heterocycles. The molecule has 0 radical (unpaired) electrons. The topological polar surface area (TPSA) is 34.1 Å². The number of carbonyl (C=O) groups excluding carboxylic acids is 2. The van der Waals surface area contributed by atoms with Crippen molar-refractivity contribution < 1.29 is 9.59 Å². The van der Waals surface area contributed by atoms with Crippen LogP contribution in [-0.4, -0.2) is 11.6 Å². The Bertz CT molecular complexity index is 680. The molecule has 2 nitrogen and oxygen atoms in total. The lowest BCUT2D eigenvalue weighted by atomic mass is 9.75. The van der Waals surface area contributed by atoms with E-state index in [-0.39, 0.29) is 31.7 Å². The SMILES string of the molecule is O=C1[C@H]2C=C[C@@H]1[C@@H]1C(=O)[C@H]2c2c(Cl)c(Cl)c(Cl)c(Cl)c21. The summed E-state index contributed by atoms with van der Waals surface area (Å²) in [5.74, 6) is -2.00. The smallest absolute Gasteiger partial charge is 0.149 e. The molecule has 3 aliphatic rings. The fraction of sp³-hybridized carbons (Fsp3) is 0.286. The van der Waals surface area contributed by atoms with Gasteiger partial charge in [0.2, 0.25) is 0 Å². The minimum atomic E-state index is -0.572. The van der Waals surface area contributed by atoms with Gasteiger partial charge in [0.1, 0.15) is 11.6 Å². The van der Waals surface area contributed by atoms with E-state index >= 15 is 0 Å². The Morgan fingerprint density at radius 1 is 0.650 bits per heavy atom. The molecule has 0 N–H and O–H groups in total. The lowest BCUT2D eigenvalue weighted by Gasteiger charge is -2.24. The van der Waals surface area contributed by atoms with Gasteiger partial charge in [0.25, 0.3) is 0 Å². The molecular weight excluding hydrogens is 342 g/mol. The van der Waals surface area contributed by atoms with Crippen molar-refractivity contribution >= 4 is 58.0 Å². The largest absolute Gasteiger partial charge is 0.298 e. The maximum Gasteiger partial charge on any atom is 0.149 e. The number of benzene rings is 1. The van der Waals surface area contributed by atoms with Gasteiger partial charge in [-0.1, -0.05) is 58.6 Å². The third-order valence-electron chi connectivity index (χ3n) is 4.48. The van der Waals surface area contributed by atoms with Crippen molar-refractivity contribution in [1.82, 2.24) is 0 Å². The molecule has 4 bridgehead atoms. The molecule has 6 heteroatoms. The Kier molecular flexibility index (Phi) is 2.64. The zero-order chi connectivity index (χ0) is 14.3. The molecule has 0 amide bonds. The maximum absolute atomic E-state index is 12.6. The number of halogens is 4. The van der Waals surface area contributed by atoms with Gasteiger partial charge in [-0.15, -0.1) is 0 Å². The van der Waals surface area contributed by atoms with Crippen LogP contribution >= 0.6 is 46.4 Å². The lowest BCUT2D eigenvalue weighted by molar-refractivity contribution is -0.135. The first-order chi connectivity index (χ1) is 9.45. The number of Topliss-reactive ketones (excluding diaryl/α,β-unsaturated/α-hetero) is 2. The standard InChI is InChI=1S/C14H6Cl4O2/c15-9-7-5-3-1-2-4(13(3)19)6(14(5)20)8(7)10(16)12(18)11(9)17/h1-6H/t3-,4+,5+,6-. The van der Waals surface area contributed by atoms with Crippen molar-refractivity contribution in [2.24, 2.45) is 11.8 Å². The Morgan fingerprint density at radius 2 is 1.05 bits per heavy atom. The van der Waals surface area contributed by atoms with Crippen molar-refractivity contribution in [2.45, 2.75) is 11.8 Å². The van der Waals surface area contributed by atoms with E-state index in [2.05, 4.69) is 0 Å². The Labute approximate surface area is 134 Å². The van der Waals surface area contributed by atoms with Crippen LogP contribution in [0.3, 0.4) is 0 Å². The summed E-state index contributed by atoms with van der Waals surface area (Å²) < 4.78 is 0. The summed E-state index contributed by atoms with van der Waals surface area (Å²) in [6.45, 7) is 0. The van der Waals surface area contributed by atoms with Gasteiger partial charge in [0.05, 0.1) is 43.8 Å². The average Bonchev–Trinajstić information content (AvgIpc) is 2.81. The molecule has 0 saturated heterocycles. The Morgan fingerprint density at radius 3 is 1.45 bits per heavy atom. The third kappa shape index (κ3) is 1.29. The third-order valence-corrected chi connectivity index (χ3v) is 6.31. The van der Waals surface area contributed by atoms with Gasteiger partial charge in [0.15, 0.2) is 0 Å². The second-order valence-electron chi connectivity index (χ2n) is 5.28. The average molecular weight is 348 g/mol. The lowest BCUT2D eigenvalue weighted by Crippen LogP contribution is -2.35. The van der Waals surface area contributed by atoms with Gasteiger partial charge >= 0.3 is 0 Å². The summed E-state index contributed by atoms with van der Waals surface area (Å²) in [6, 6.07) is 0. The van der Waals surface area contributed by atoms with E-state index in [1.54, 1.807) is 12.2 Å². The molecule has 1 aromatic rings. The van der Waals surface area contributed by atoms with E-state index in [0.717, 1.165) is 0 Å². The van der Waals surface area contributed by atoms with E-state index in [9.17, 15) is 9.59 Å². The van der Waals surface area contributed by atoms with Crippen LogP contribution in [0.15, 0.2) is 12.2 Å². The molecule has 0 unspecified atom stereocenters. The van der Waals surface area contributed by atoms with E-state index in [1.165, 1.54) is 0 Å². The van der Waals surface area contributed by atoms with Crippen molar-refractivity contribution in [3.8, 4) is 0 Å². The van der Waals surface area contributed by atoms with Gasteiger partial charge in [-0.05, 0) is 11.1 Å². The molecule has 0 spiro atoms. The zero-order valence-corrected chi connectivity index (χ0v) is 12.8. The van der Waals surface area contributed by atoms with Crippen molar-refractivity contribution in [3.63, 3.8) is 0 Å². The van der Waals surface area contributed by atoms with Gasteiger partial charge in [-0.2, -0.15) is 0 Å². The Hall–Kier alpha value is -0.540. The first kappa shape index (κ1) is 13.1. The molecule has 20 heavy (non-hydrogen) atoms. The highest BCUT2D eigenvalue weighted by Gasteiger charge is 2.59. The number of ketones is 2. The van der Waals surface area contributed by atoms with Crippen molar-refractivity contribution in [1.29, 1.82) is 0 Å². The normalized spacial score (nSPS) is 33.0. The number of hydrogen-bond acceptors (Lipinski definition) is 2. The molecule has 4 atom stereocenters. The van der Waals surface area contributed by atoms with Crippen LogP contribution in [0.25, 0.3) is 0 Å². The second-order valence-corrected chi connectivity index (χ2v) is 6.79. The minimum absolute atomic E-state index is 0.0123. The summed E-state index contributed by atoms with van der Waals surface area (Å²) in [5, 5.41) is 0.769. The van der Waals surface area contributed by atoms with Gasteiger partial charge in [-0.3, -0.25) is 9.59 Å². The van der Waals surface area contributed by atoms with E-state index < -0.39 is 23.7 Å². The number of hydrogen-bond donors (Lipinski definition) is 0. The summed E-state index contributed by atoms with van der Waals surface area (Å²) in [6.07, 6.45) is 3.59. The van der Waals surface area contributed by atoms with Gasteiger partial charge in [-0.25, -0.2) is 0 Å². The van der Waals surface area contributed by atoms with Crippen LogP contribution in [0.2, 0.25) is 20.1 Å². The van der Waals surface area contributed by atoms with Crippen molar-refractivity contribution in [2.75, 3.05) is 0 Å². The molecular formula is C14H6Cl4O2. The fourth-order valence-electron chi connectivity index (χ4n) is 3.67. The fourth-order valence-corrected chi connectivity index (χ4v) is 4.78. The number of allylic oxidation sites excluding steroid dienone is 2. The molecule has 102 valence electrons. The summed E-state index contributed by atoms with van der Waals surface area (Å²) >= 11 is 24.7. The zero-order valence-electron chi connectivity index (χ0n) is 9.79. The van der Waals surface area contributed by atoms with E-state index in [0.29, 0.717) is 11.1 Å². The van der Waals surface area contributed by atoms with Crippen LogP contribution in [0, 0.1) is 11.8 Å². The molecule has 1 fully saturated rings. The molecule has 3 aliphatic carbocycles. The van der Waals surface area contributed by atoms with Crippen molar-refractivity contribution in [3.05, 3.63) is 43.4 Å². The first-order valence-corrected chi connectivity index (χ1v) is 7.57. The number of carbonyl (C=O) groups is 2. The van der Waals surface area contributed by atoms with Gasteiger partial charge < -0.3 is 0 Å². The van der Waals surface area contributed by atoms with E-state index in [1.807, 2.05) is 0 Å². The van der Waals surface area contributed by atoms with Crippen LogP contribution < -0.4 is 0 Å². The first-order valence-electron chi connectivity index (χ1n) is 6.06. The molecule has 4 rings (SSSR count). The Balaban J connectivity index is 2.11. The van der Waals surface area contributed by atoms with Crippen LogP contribution in [0.5, 0.6) is 0 Å². The summed E-state index contributed by atoms with van der Waals surface area (Å²) in [5.41, 5.74) is 1.18. The predicted molar refractivity (Wildman–Crippen MR) is 78.1 cm³/mol. The second kappa shape index (κ2) is 4.01. The minimum Gasteiger partial charge on any atom is -0.298 e. The summed E-state index contributed by atoms with van der Waals surface area (Å²) in [4.78, 5) is 24.9. The molecule has 0 heterocycles. The highest BCUT2D eigenvalue weighted by molar-refractivity contribution is 6.52. The van der Waals surface area contributed by atoms with E-state index in [4.69, 9.17) is 46.4 Å². The van der Waals surface area contributed by atoms with Crippen LogP contribution in [-0.2, 0) is 9.59 Å². The number of fused-ring (bicyclic) bond motifs is 9. The van der Waals surface area contributed by atoms with Gasteiger partial charge in [0, 0.05) is 0 Å². The number of rotatable bonds is 0. The summed E-state index contributed by atoms with van der Waals surface area (Å²) in [7, 11) is 0. The van der Waals surface area contributed by atoms with Crippen LogP contribution in [0.4, 0.5) is 0 Å². The highest BCUT2D eigenvalue weighted by atomic mass is 35.5. The predicted octanol–water partition coefficient (Wildman–Crippen LogP) is 4.44. The van der Waals surface area contributed by atoms with Crippen LogP contribution in [0.1, 0.15) is 23.0 Å².